The minimum Gasteiger partial charge on any atom is -0.496 e. The molecule has 0 unspecified atom stereocenters. The minimum atomic E-state index is -3.62. The monoisotopic (exact) mass is 389 g/mol. The molecule has 1 amide bonds. The van der Waals surface area contributed by atoms with E-state index in [0.717, 1.165) is 19.3 Å². The number of aromatic nitrogens is 1. The van der Waals surface area contributed by atoms with Gasteiger partial charge in [0.1, 0.15) is 5.75 Å². The molecule has 0 bridgehead atoms. The lowest BCUT2D eigenvalue weighted by Gasteiger charge is -2.26. The molecule has 3 rings (SSSR count). The number of nitrogens with one attached hydrogen (secondary N) is 1. The van der Waals surface area contributed by atoms with Crippen LogP contribution in [0.1, 0.15) is 35.3 Å². The number of rotatable bonds is 6. The van der Waals surface area contributed by atoms with Gasteiger partial charge >= 0.3 is 0 Å². The molecule has 1 aromatic heterocycles. The lowest BCUT2D eigenvalue weighted by Crippen LogP contribution is -2.35. The number of hydrogen-bond donors (Lipinski definition) is 1. The molecule has 2 aromatic rings. The van der Waals surface area contributed by atoms with Gasteiger partial charge in [-0.25, -0.2) is 8.42 Å². The van der Waals surface area contributed by atoms with E-state index in [0.29, 0.717) is 24.5 Å². The Bertz CT molecular complexity index is 894. The van der Waals surface area contributed by atoms with Crippen molar-refractivity contribution in [3.8, 4) is 5.75 Å². The lowest BCUT2D eigenvalue weighted by molar-refractivity contribution is 0.0947. The number of benzene rings is 1. The summed E-state index contributed by atoms with van der Waals surface area (Å²) >= 11 is 0. The van der Waals surface area contributed by atoms with E-state index in [1.165, 1.54) is 29.6 Å². The molecular weight excluding hydrogens is 366 g/mol. The number of ether oxygens (including phenoxy) is 1. The maximum Gasteiger partial charge on any atom is 0.255 e. The van der Waals surface area contributed by atoms with Crippen LogP contribution in [0.25, 0.3) is 0 Å². The van der Waals surface area contributed by atoms with Gasteiger partial charge < -0.3 is 10.1 Å². The van der Waals surface area contributed by atoms with Crippen molar-refractivity contribution in [3.63, 3.8) is 0 Å². The van der Waals surface area contributed by atoms with E-state index in [9.17, 15) is 13.2 Å². The maximum absolute atomic E-state index is 12.9. The Balaban J connectivity index is 1.83. The van der Waals surface area contributed by atoms with Gasteiger partial charge in [0, 0.05) is 19.3 Å². The molecule has 7 nitrogen and oxygen atoms in total. The number of methoxy groups -OCH3 is 1. The molecule has 1 aliphatic heterocycles. The van der Waals surface area contributed by atoms with Crippen LogP contribution < -0.4 is 10.1 Å². The first-order chi connectivity index (χ1) is 13.0. The topological polar surface area (TPSA) is 88.6 Å². The zero-order chi connectivity index (χ0) is 19.3. The Hall–Kier alpha value is -2.45. The third-order valence-electron chi connectivity index (χ3n) is 4.52. The number of amides is 1. The fraction of sp³-hybridized carbons (Fsp3) is 0.368. The third kappa shape index (κ3) is 4.45. The van der Waals surface area contributed by atoms with Crippen molar-refractivity contribution in [2.45, 2.75) is 30.7 Å². The second kappa shape index (κ2) is 8.49. The predicted octanol–water partition coefficient (Wildman–Crippen LogP) is 2.19. The number of carbonyl (C=O) groups excluding carboxylic acids is 1. The maximum atomic E-state index is 12.9. The number of sulfonamides is 1. The first-order valence-corrected chi connectivity index (χ1v) is 10.3. The van der Waals surface area contributed by atoms with Crippen molar-refractivity contribution in [2.24, 2.45) is 0 Å². The molecule has 0 atom stereocenters. The molecule has 1 saturated heterocycles. The van der Waals surface area contributed by atoms with E-state index in [1.807, 2.05) is 6.07 Å². The molecule has 144 valence electrons. The highest BCUT2D eigenvalue weighted by atomic mass is 32.2. The fourth-order valence-corrected chi connectivity index (χ4v) is 4.59. The summed E-state index contributed by atoms with van der Waals surface area (Å²) in [7, 11) is -2.18. The highest BCUT2D eigenvalue weighted by Gasteiger charge is 2.27. The molecule has 1 aliphatic rings. The molecule has 1 aromatic carbocycles. The molecule has 0 radical (unpaired) electrons. The predicted molar refractivity (Wildman–Crippen MR) is 101 cm³/mol. The minimum absolute atomic E-state index is 0.105. The number of carbonyl (C=O) groups is 1. The summed E-state index contributed by atoms with van der Waals surface area (Å²) in [5, 5.41) is 2.76. The van der Waals surface area contributed by atoms with Crippen LogP contribution in [0.15, 0.2) is 47.5 Å². The lowest BCUT2D eigenvalue weighted by atomic mass is 10.2. The Morgan fingerprint density at radius 1 is 1.19 bits per heavy atom. The van der Waals surface area contributed by atoms with E-state index in [-0.39, 0.29) is 17.0 Å². The fourth-order valence-electron chi connectivity index (χ4n) is 3.05. The average Bonchev–Trinajstić information content (AvgIpc) is 2.73. The van der Waals surface area contributed by atoms with E-state index in [1.54, 1.807) is 18.3 Å². The number of nitrogens with zero attached hydrogens (tertiary/aromatic N) is 2. The van der Waals surface area contributed by atoms with Gasteiger partial charge in [0.15, 0.2) is 0 Å². The summed E-state index contributed by atoms with van der Waals surface area (Å²) < 4.78 is 32.5. The van der Waals surface area contributed by atoms with Crippen LogP contribution in [-0.4, -0.2) is 43.8 Å². The zero-order valence-electron chi connectivity index (χ0n) is 15.2. The van der Waals surface area contributed by atoms with Crippen LogP contribution in [0.2, 0.25) is 0 Å². The smallest absolute Gasteiger partial charge is 0.255 e. The van der Waals surface area contributed by atoms with Crippen LogP contribution in [0, 0.1) is 0 Å². The molecule has 0 aliphatic carbocycles. The van der Waals surface area contributed by atoms with Crippen molar-refractivity contribution >= 4 is 15.9 Å². The summed E-state index contributed by atoms with van der Waals surface area (Å²) in [6.45, 7) is 1.26. The van der Waals surface area contributed by atoms with E-state index in [2.05, 4.69) is 10.3 Å². The van der Waals surface area contributed by atoms with Crippen molar-refractivity contribution in [2.75, 3.05) is 20.2 Å². The molecule has 8 heteroatoms. The quantitative estimate of drug-likeness (QED) is 0.818. The van der Waals surface area contributed by atoms with Gasteiger partial charge in [0.2, 0.25) is 10.0 Å². The zero-order valence-corrected chi connectivity index (χ0v) is 16.0. The van der Waals surface area contributed by atoms with Gasteiger partial charge in [-0.3, -0.25) is 9.78 Å². The van der Waals surface area contributed by atoms with Crippen molar-refractivity contribution in [1.82, 2.24) is 14.6 Å². The van der Waals surface area contributed by atoms with Crippen LogP contribution >= 0.6 is 0 Å². The van der Waals surface area contributed by atoms with Gasteiger partial charge in [-0.15, -0.1) is 0 Å². The summed E-state index contributed by atoms with van der Waals surface area (Å²) in [6.07, 6.45) is 4.39. The largest absolute Gasteiger partial charge is 0.496 e. The summed E-state index contributed by atoms with van der Waals surface area (Å²) in [6, 6.07) is 9.82. The van der Waals surface area contributed by atoms with Crippen LogP contribution in [0.5, 0.6) is 5.75 Å². The van der Waals surface area contributed by atoms with E-state index < -0.39 is 15.9 Å². The molecule has 2 heterocycles. The third-order valence-corrected chi connectivity index (χ3v) is 6.42. The van der Waals surface area contributed by atoms with Gasteiger partial charge in [-0.2, -0.15) is 4.31 Å². The normalized spacial score (nSPS) is 15.3. The standard InChI is InChI=1S/C19H23N3O4S/c1-26-18-9-8-16(27(24,25)22-11-5-2-6-12-22)13-17(18)19(23)21-14-15-7-3-4-10-20-15/h3-4,7-10,13H,2,5-6,11-12,14H2,1H3,(H,21,23). The Kier molecular flexibility index (Phi) is 6.08. The van der Waals surface area contributed by atoms with Crippen LogP contribution in [0.3, 0.4) is 0 Å². The van der Waals surface area contributed by atoms with Gasteiger partial charge in [0.25, 0.3) is 5.91 Å². The van der Waals surface area contributed by atoms with Crippen molar-refractivity contribution in [3.05, 3.63) is 53.9 Å². The van der Waals surface area contributed by atoms with Gasteiger partial charge in [-0.05, 0) is 43.2 Å². The Morgan fingerprint density at radius 2 is 1.96 bits per heavy atom. The van der Waals surface area contributed by atoms with Crippen LogP contribution in [-0.2, 0) is 16.6 Å². The second-order valence-corrected chi connectivity index (χ2v) is 8.27. The number of piperidine rings is 1. The van der Waals surface area contributed by atoms with E-state index >= 15 is 0 Å². The highest BCUT2D eigenvalue weighted by Crippen LogP contribution is 2.26. The summed E-state index contributed by atoms with van der Waals surface area (Å²) in [5.74, 6) is -0.0840. The Labute approximate surface area is 159 Å². The first kappa shape index (κ1) is 19.3. The number of hydrogen-bond acceptors (Lipinski definition) is 5. The highest BCUT2D eigenvalue weighted by molar-refractivity contribution is 7.89. The Morgan fingerprint density at radius 3 is 2.63 bits per heavy atom. The van der Waals surface area contributed by atoms with Gasteiger partial charge in [-0.1, -0.05) is 12.5 Å². The molecule has 1 N–H and O–H groups in total. The molecular formula is C19H23N3O4S. The summed E-state index contributed by atoms with van der Waals surface area (Å²) in [4.78, 5) is 16.9. The van der Waals surface area contributed by atoms with Gasteiger partial charge in [0.05, 0.1) is 29.8 Å². The molecule has 1 fully saturated rings. The van der Waals surface area contributed by atoms with Crippen LogP contribution in [0.4, 0.5) is 0 Å². The molecule has 0 saturated carbocycles. The summed E-state index contributed by atoms with van der Waals surface area (Å²) in [5.41, 5.74) is 0.897. The molecule has 0 spiro atoms. The molecule has 27 heavy (non-hydrogen) atoms. The average molecular weight is 389 g/mol. The second-order valence-electron chi connectivity index (χ2n) is 6.33. The number of pyridine rings is 1. The van der Waals surface area contributed by atoms with Crippen molar-refractivity contribution < 1.29 is 17.9 Å². The SMILES string of the molecule is COc1ccc(S(=O)(=O)N2CCCCC2)cc1C(=O)NCc1ccccn1. The van der Waals surface area contributed by atoms with E-state index in [4.69, 9.17) is 4.74 Å². The first-order valence-electron chi connectivity index (χ1n) is 8.88. The van der Waals surface area contributed by atoms with Crippen molar-refractivity contribution in [1.29, 1.82) is 0 Å².